The number of aryl methyl sites for hydroxylation is 2. The molecule has 0 saturated carbocycles. The van der Waals surface area contributed by atoms with Crippen molar-refractivity contribution in [3.05, 3.63) is 81.8 Å². The zero-order valence-corrected chi connectivity index (χ0v) is 15.9. The largest absolute Gasteiger partial charge is 0.348 e. The number of hydrogen-bond acceptors (Lipinski definition) is 2. The number of nitrogens with one attached hydrogen (secondary N) is 1. The molecule has 0 spiro atoms. The van der Waals surface area contributed by atoms with Crippen molar-refractivity contribution in [1.82, 2.24) is 14.9 Å². The number of nitrogens with zero attached hydrogens (tertiary/aromatic N) is 2. The third kappa shape index (κ3) is 3.99. The summed E-state index contributed by atoms with van der Waals surface area (Å²) in [4.78, 5) is 16.8. The van der Waals surface area contributed by atoms with Gasteiger partial charge in [0.1, 0.15) is 5.82 Å². The lowest BCUT2D eigenvalue weighted by Crippen LogP contribution is -2.23. The first-order valence-electron chi connectivity index (χ1n) is 8.25. The van der Waals surface area contributed by atoms with E-state index in [1.165, 1.54) is 0 Å². The molecule has 0 aliphatic rings. The molecule has 1 N–H and O–H groups in total. The van der Waals surface area contributed by atoms with Gasteiger partial charge in [-0.3, -0.25) is 4.79 Å². The Morgan fingerprint density at radius 3 is 2.56 bits per heavy atom. The summed E-state index contributed by atoms with van der Waals surface area (Å²) in [6, 6.07) is 15.6. The SMILES string of the molecule is CCc1nc(C)cn1-c1ccc(CNC(=O)c2ccccc2Br)cc1. The van der Waals surface area contributed by atoms with Crippen molar-refractivity contribution in [1.29, 1.82) is 0 Å². The minimum absolute atomic E-state index is 0.0879. The Labute approximate surface area is 156 Å². The van der Waals surface area contributed by atoms with Crippen LogP contribution in [0.1, 0.15) is 34.4 Å². The lowest BCUT2D eigenvalue weighted by molar-refractivity contribution is 0.0950. The fraction of sp³-hybridized carbons (Fsp3) is 0.200. The molecule has 0 unspecified atom stereocenters. The van der Waals surface area contributed by atoms with Gasteiger partial charge >= 0.3 is 0 Å². The first-order valence-corrected chi connectivity index (χ1v) is 9.04. The molecule has 0 aliphatic heterocycles. The van der Waals surface area contributed by atoms with Crippen LogP contribution in [0.3, 0.4) is 0 Å². The van der Waals surface area contributed by atoms with Crippen LogP contribution in [0.15, 0.2) is 59.2 Å². The van der Waals surface area contributed by atoms with Crippen LogP contribution in [0.2, 0.25) is 0 Å². The Hall–Kier alpha value is -2.40. The number of carbonyl (C=O) groups is 1. The molecule has 0 saturated heterocycles. The summed E-state index contributed by atoms with van der Waals surface area (Å²) in [6.45, 7) is 4.59. The minimum atomic E-state index is -0.0879. The standard InChI is InChI=1S/C20H20BrN3O/c1-3-19-23-14(2)13-24(19)16-10-8-15(9-11-16)12-22-20(25)17-6-4-5-7-18(17)21/h4-11,13H,3,12H2,1-2H3,(H,22,25). The van der Waals surface area contributed by atoms with Crippen LogP contribution in [0.5, 0.6) is 0 Å². The molecule has 0 aliphatic carbocycles. The number of hydrogen-bond donors (Lipinski definition) is 1. The molecule has 3 rings (SSSR count). The Morgan fingerprint density at radius 1 is 1.16 bits per heavy atom. The van der Waals surface area contributed by atoms with Gasteiger partial charge in [-0.1, -0.05) is 31.2 Å². The first kappa shape index (κ1) is 17.4. The van der Waals surface area contributed by atoms with E-state index in [0.29, 0.717) is 12.1 Å². The molecule has 25 heavy (non-hydrogen) atoms. The molecule has 0 bridgehead atoms. The van der Waals surface area contributed by atoms with E-state index in [1.54, 1.807) is 6.07 Å². The number of halogens is 1. The van der Waals surface area contributed by atoms with Crippen LogP contribution >= 0.6 is 15.9 Å². The Bertz CT molecular complexity index is 884. The van der Waals surface area contributed by atoms with Crippen LogP contribution in [-0.4, -0.2) is 15.5 Å². The van der Waals surface area contributed by atoms with Crippen molar-refractivity contribution in [3.63, 3.8) is 0 Å². The highest BCUT2D eigenvalue weighted by atomic mass is 79.9. The molecule has 1 aromatic heterocycles. The second-order valence-corrected chi connectivity index (χ2v) is 6.71. The maximum absolute atomic E-state index is 12.3. The molecule has 128 valence electrons. The second kappa shape index (κ2) is 7.66. The Kier molecular flexibility index (Phi) is 5.34. The van der Waals surface area contributed by atoms with Gasteiger partial charge in [0, 0.05) is 29.3 Å². The van der Waals surface area contributed by atoms with Gasteiger partial charge < -0.3 is 9.88 Å². The lowest BCUT2D eigenvalue weighted by atomic mass is 10.1. The first-order chi connectivity index (χ1) is 12.1. The molecular weight excluding hydrogens is 378 g/mol. The highest BCUT2D eigenvalue weighted by molar-refractivity contribution is 9.10. The van der Waals surface area contributed by atoms with Crippen molar-refractivity contribution in [2.75, 3.05) is 0 Å². The summed E-state index contributed by atoms with van der Waals surface area (Å²) in [6.07, 6.45) is 2.93. The van der Waals surface area contributed by atoms with Crippen LogP contribution in [-0.2, 0) is 13.0 Å². The molecule has 2 aromatic carbocycles. The second-order valence-electron chi connectivity index (χ2n) is 5.85. The number of rotatable bonds is 5. The van der Waals surface area contributed by atoms with Gasteiger partial charge in [0.15, 0.2) is 0 Å². The van der Waals surface area contributed by atoms with Gasteiger partial charge in [0.2, 0.25) is 0 Å². The Morgan fingerprint density at radius 2 is 1.88 bits per heavy atom. The van der Waals surface area contributed by atoms with E-state index >= 15 is 0 Å². The normalized spacial score (nSPS) is 10.7. The molecule has 5 heteroatoms. The van der Waals surface area contributed by atoms with Crippen LogP contribution in [0.25, 0.3) is 5.69 Å². The van der Waals surface area contributed by atoms with Crippen LogP contribution < -0.4 is 5.32 Å². The fourth-order valence-electron chi connectivity index (χ4n) is 2.72. The summed E-state index contributed by atoms with van der Waals surface area (Å²) in [7, 11) is 0. The number of aromatic nitrogens is 2. The number of amides is 1. The van der Waals surface area contributed by atoms with Crippen molar-refractivity contribution < 1.29 is 4.79 Å². The molecule has 0 fully saturated rings. The molecule has 4 nitrogen and oxygen atoms in total. The zero-order chi connectivity index (χ0) is 17.8. The third-order valence-electron chi connectivity index (χ3n) is 4.00. The van der Waals surface area contributed by atoms with Crippen molar-refractivity contribution >= 4 is 21.8 Å². The third-order valence-corrected chi connectivity index (χ3v) is 4.69. The van der Waals surface area contributed by atoms with E-state index < -0.39 is 0 Å². The summed E-state index contributed by atoms with van der Waals surface area (Å²) >= 11 is 3.40. The topological polar surface area (TPSA) is 46.9 Å². The van der Waals surface area contributed by atoms with E-state index in [9.17, 15) is 4.79 Å². The summed E-state index contributed by atoms with van der Waals surface area (Å²) < 4.78 is 2.91. The van der Waals surface area contributed by atoms with Crippen molar-refractivity contribution in [2.24, 2.45) is 0 Å². The molecule has 0 radical (unpaired) electrons. The van der Waals surface area contributed by atoms with E-state index in [1.807, 2.05) is 43.5 Å². The van der Waals surface area contributed by atoms with Gasteiger partial charge in [-0.2, -0.15) is 0 Å². The fourth-order valence-corrected chi connectivity index (χ4v) is 3.18. The average molecular weight is 398 g/mol. The zero-order valence-electron chi connectivity index (χ0n) is 14.3. The van der Waals surface area contributed by atoms with Gasteiger partial charge in [-0.15, -0.1) is 0 Å². The molecule has 3 aromatic rings. The van der Waals surface area contributed by atoms with Gasteiger partial charge in [-0.25, -0.2) is 4.98 Å². The van der Waals surface area contributed by atoms with Crippen LogP contribution in [0.4, 0.5) is 0 Å². The Balaban J connectivity index is 1.69. The predicted octanol–water partition coefficient (Wildman–Crippen LogP) is 4.44. The number of carbonyl (C=O) groups excluding carboxylic acids is 1. The van der Waals surface area contributed by atoms with E-state index in [4.69, 9.17) is 0 Å². The van der Waals surface area contributed by atoms with E-state index in [-0.39, 0.29) is 5.91 Å². The molecule has 1 heterocycles. The minimum Gasteiger partial charge on any atom is -0.348 e. The monoisotopic (exact) mass is 397 g/mol. The summed E-state index contributed by atoms with van der Waals surface area (Å²) in [5.41, 5.74) is 3.79. The molecular formula is C20H20BrN3O. The smallest absolute Gasteiger partial charge is 0.252 e. The van der Waals surface area contributed by atoms with Crippen LogP contribution in [0, 0.1) is 6.92 Å². The quantitative estimate of drug-likeness (QED) is 0.691. The summed E-state index contributed by atoms with van der Waals surface area (Å²) in [5.74, 6) is 0.961. The van der Waals surface area contributed by atoms with Gasteiger partial charge in [0.05, 0.1) is 11.3 Å². The maximum atomic E-state index is 12.3. The predicted molar refractivity (Wildman–Crippen MR) is 103 cm³/mol. The lowest BCUT2D eigenvalue weighted by Gasteiger charge is -2.09. The van der Waals surface area contributed by atoms with Crippen molar-refractivity contribution in [2.45, 2.75) is 26.8 Å². The van der Waals surface area contributed by atoms with Gasteiger partial charge in [0.25, 0.3) is 5.91 Å². The molecule has 1 amide bonds. The van der Waals surface area contributed by atoms with Gasteiger partial charge in [-0.05, 0) is 52.7 Å². The number of imidazole rings is 1. The highest BCUT2D eigenvalue weighted by Gasteiger charge is 2.09. The molecule has 0 atom stereocenters. The summed E-state index contributed by atoms with van der Waals surface area (Å²) in [5, 5.41) is 2.95. The van der Waals surface area contributed by atoms with Crippen molar-refractivity contribution in [3.8, 4) is 5.69 Å². The number of benzene rings is 2. The highest BCUT2D eigenvalue weighted by Crippen LogP contribution is 2.17. The average Bonchev–Trinajstić information content (AvgIpc) is 3.01. The maximum Gasteiger partial charge on any atom is 0.252 e. The van der Waals surface area contributed by atoms with E-state index in [2.05, 4.69) is 49.9 Å². The van der Waals surface area contributed by atoms with E-state index in [0.717, 1.165) is 33.7 Å².